The van der Waals surface area contributed by atoms with Gasteiger partial charge in [0.1, 0.15) is 5.76 Å². The third kappa shape index (κ3) is 5.39. The molecular formula is C18H19NO5. The molecule has 1 aromatic heterocycles. The lowest BCUT2D eigenvalue weighted by atomic mass is 10.1. The standard InChI is InChI=1S/C18H19NO5/c1-2-17(21)19-14-7-5-13(6-8-14)16(20)12-24-18(22)10-9-15-4-3-11-23-15/h3-8,11H,2,9-10,12H2,1H3,(H,19,21). The molecule has 2 aromatic rings. The number of amides is 1. The van der Waals surface area contributed by atoms with Gasteiger partial charge in [-0.3, -0.25) is 14.4 Å². The summed E-state index contributed by atoms with van der Waals surface area (Å²) in [5.74, 6) is -0.149. The zero-order chi connectivity index (χ0) is 17.4. The molecule has 0 spiro atoms. The molecule has 24 heavy (non-hydrogen) atoms. The van der Waals surface area contributed by atoms with Gasteiger partial charge in [0.05, 0.1) is 12.7 Å². The molecule has 6 heteroatoms. The van der Waals surface area contributed by atoms with E-state index in [0.29, 0.717) is 29.9 Å². The lowest BCUT2D eigenvalue weighted by Crippen LogP contribution is -2.15. The number of anilines is 1. The van der Waals surface area contributed by atoms with Crippen molar-refractivity contribution in [3.05, 3.63) is 54.0 Å². The average molecular weight is 329 g/mol. The molecule has 0 aliphatic carbocycles. The highest BCUT2D eigenvalue weighted by atomic mass is 16.5. The number of furan rings is 1. The first-order valence-electron chi connectivity index (χ1n) is 7.69. The van der Waals surface area contributed by atoms with Crippen molar-refractivity contribution in [1.29, 1.82) is 0 Å². The van der Waals surface area contributed by atoms with Crippen molar-refractivity contribution >= 4 is 23.3 Å². The normalized spacial score (nSPS) is 10.2. The first-order chi connectivity index (χ1) is 11.6. The molecule has 0 radical (unpaired) electrons. The van der Waals surface area contributed by atoms with Gasteiger partial charge in [-0.2, -0.15) is 0 Å². The van der Waals surface area contributed by atoms with Gasteiger partial charge in [0, 0.05) is 24.1 Å². The van der Waals surface area contributed by atoms with E-state index >= 15 is 0 Å². The third-order valence-electron chi connectivity index (χ3n) is 3.33. The molecule has 0 saturated heterocycles. The van der Waals surface area contributed by atoms with Crippen LogP contribution >= 0.6 is 0 Å². The van der Waals surface area contributed by atoms with Crippen molar-refractivity contribution in [3.8, 4) is 0 Å². The fraction of sp³-hybridized carbons (Fsp3) is 0.278. The minimum absolute atomic E-state index is 0.0976. The molecule has 0 atom stereocenters. The molecule has 1 amide bonds. The fourth-order valence-corrected chi connectivity index (χ4v) is 1.97. The maximum absolute atomic E-state index is 12.0. The number of benzene rings is 1. The van der Waals surface area contributed by atoms with Gasteiger partial charge in [-0.15, -0.1) is 0 Å². The number of esters is 1. The minimum atomic E-state index is -0.452. The number of Topliss-reactive ketones (excluding diaryl/α,β-unsaturated/α-hetero) is 1. The van der Waals surface area contributed by atoms with Crippen molar-refractivity contribution in [1.82, 2.24) is 0 Å². The Labute approximate surface area is 139 Å². The topological polar surface area (TPSA) is 85.6 Å². The Morgan fingerprint density at radius 1 is 1.12 bits per heavy atom. The summed E-state index contributed by atoms with van der Waals surface area (Å²) in [6.07, 6.45) is 2.51. The molecule has 0 saturated carbocycles. The number of aryl methyl sites for hydroxylation is 1. The maximum Gasteiger partial charge on any atom is 0.306 e. The molecule has 0 aliphatic heterocycles. The number of nitrogens with one attached hydrogen (secondary N) is 1. The van der Waals surface area contributed by atoms with Crippen LogP contribution in [0.5, 0.6) is 0 Å². The number of ether oxygens (including phenoxy) is 1. The minimum Gasteiger partial charge on any atom is -0.469 e. The summed E-state index contributed by atoms with van der Waals surface area (Å²) in [6, 6.07) is 9.97. The summed E-state index contributed by atoms with van der Waals surface area (Å²) < 4.78 is 10.1. The van der Waals surface area contributed by atoms with Gasteiger partial charge in [0.25, 0.3) is 0 Å². The molecular weight excluding hydrogens is 310 g/mol. The van der Waals surface area contributed by atoms with E-state index in [0.717, 1.165) is 0 Å². The Hall–Kier alpha value is -2.89. The number of carbonyl (C=O) groups excluding carboxylic acids is 3. The highest BCUT2D eigenvalue weighted by Gasteiger charge is 2.11. The van der Waals surface area contributed by atoms with Crippen LogP contribution in [0.4, 0.5) is 5.69 Å². The monoisotopic (exact) mass is 329 g/mol. The largest absolute Gasteiger partial charge is 0.469 e. The van der Waals surface area contributed by atoms with Crippen LogP contribution in [0.25, 0.3) is 0 Å². The van der Waals surface area contributed by atoms with Gasteiger partial charge < -0.3 is 14.5 Å². The van der Waals surface area contributed by atoms with Crippen LogP contribution in [0.3, 0.4) is 0 Å². The zero-order valence-electron chi connectivity index (χ0n) is 13.4. The molecule has 6 nitrogen and oxygen atoms in total. The second kappa shape index (κ2) is 8.67. The Morgan fingerprint density at radius 3 is 2.50 bits per heavy atom. The number of carbonyl (C=O) groups is 3. The van der Waals surface area contributed by atoms with Crippen LogP contribution in [0.2, 0.25) is 0 Å². The number of rotatable bonds is 8. The van der Waals surface area contributed by atoms with Crippen molar-refractivity contribution in [3.63, 3.8) is 0 Å². The van der Waals surface area contributed by atoms with Crippen molar-refractivity contribution < 1.29 is 23.5 Å². The lowest BCUT2D eigenvalue weighted by molar-refractivity contribution is -0.142. The zero-order valence-corrected chi connectivity index (χ0v) is 13.4. The summed E-state index contributed by atoms with van der Waals surface area (Å²) in [5.41, 5.74) is 1.04. The Balaban J connectivity index is 1.77. The van der Waals surface area contributed by atoms with Crippen molar-refractivity contribution in [2.45, 2.75) is 26.2 Å². The molecule has 1 N–H and O–H groups in total. The van der Waals surface area contributed by atoms with Crippen molar-refractivity contribution in [2.24, 2.45) is 0 Å². The van der Waals surface area contributed by atoms with Crippen LogP contribution in [-0.4, -0.2) is 24.3 Å². The molecule has 1 heterocycles. The summed E-state index contributed by atoms with van der Waals surface area (Å²) in [4.78, 5) is 34.9. The van der Waals surface area contributed by atoms with E-state index in [1.54, 1.807) is 43.3 Å². The molecule has 1 aromatic carbocycles. The lowest BCUT2D eigenvalue weighted by Gasteiger charge is -2.06. The molecule has 2 rings (SSSR count). The first kappa shape index (κ1) is 17.5. The highest BCUT2D eigenvalue weighted by molar-refractivity contribution is 5.98. The predicted molar refractivity (Wildman–Crippen MR) is 87.7 cm³/mol. The Bertz CT molecular complexity index is 689. The summed E-state index contributed by atoms with van der Waals surface area (Å²) >= 11 is 0. The molecule has 0 unspecified atom stereocenters. The molecule has 126 valence electrons. The van der Waals surface area contributed by atoms with E-state index in [1.165, 1.54) is 6.26 Å². The van der Waals surface area contributed by atoms with Crippen molar-refractivity contribution in [2.75, 3.05) is 11.9 Å². The SMILES string of the molecule is CCC(=O)Nc1ccc(C(=O)COC(=O)CCc2ccco2)cc1. The van der Waals surface area contributed by atoms with Crippen LogP contribution in [0.15, 0.2) is 47.1 Å². The quantitative estimate of drug-likeness (QED) is 0.594. The van der Waals surface area contributed by atoms with Crippen LogP contribution in [0, 0.1) is 0 Å². The number of hydrogen-bond donors (Lipinski definition) is 1. The Morgan fingerprint density at radius 2 is 1.88 bits per heavy atom. The second-order valence-electron chi connectivity index (χ2n) is 5.14. The average Bonchev–Trinajstić information content (AvgIpc) is 3.12. The first-order valence-corrected chi connectivity index (χ1v) is 7.69. The highest BCUT2D eigenvalue weighted by Crippen LogP contribution is 2.11. The van der Waals surface area contributed by atoms with Crippen LogP contribution in [0.1, 0.15) is 35.9 Å². The maximum atomic E-state index is 12.0. The number of ketones is 1. The van der Waals surface area contributed by atoms with Gasteiger partial charge in [-0.1, -0.05) is 6.92 Å². The van der Waals surface area contributed by atoms with E-state index in [4.69, 9.17) is 9.15 Å². The smallest absolute Gasteiger partial charge is 0.306 e. The molecule has 0 aliphatic rings. The third-order valence-corrected chi connectivity index (χ3v) is 3.33. The van der Waals surface area contributed by atoms with Gasteiger partial charge in [-0.05, 0) is 36.4 Å². The van der Waals surface area contributed by atoms with Gasteiger partial charge in [0.2, 0.25) is 5.91 Å². The van der Waals surface area contributed by atoms with Gasteiger partial charge in [-0.25, -0.2) is 0 Å². The summed E-state index contributed by atoms with van der Waals surface area (Å²) in [7, 11) is 0. The molecule has 0 bridgehead atoms. The van der Waals surface area contributed by atoms with Gasteiger partial charge >= 0.3 is 5.97 Å². The second-order valence-corrected chi connectivity index (χ2v) is 5.14. The number of hydrogen-bond acceptors (Lipinski definition) is 5. The van der Waals surface area contributed by atoms with E-state index in [2.05, 4.69) is 5.32 Å². The van der Waals surface area contributed by atoms with Crippen LogP contribution < -0.4 is 5.32 Å². The van der Waals surface area contributed by atoms with E-state index in [9.17, 15) is 14.4 Å². The van der Waals surface area contributed by atoms with E-state index in [1.807, 2.05) is 0 Å². The van der Waals surface area contributed by atoms with E-state index < -0.39 is 5.97 Å². The summed E-state index contributed by atoms with van der Waals surface area (Å²) in [5, 5.41) is 2.69. The summed E-state index contributed by atoms with van der Waals surface area (Å²) in [6.45, 7) is 1.45. The van der Waals surface area contributed by atoms with Crippen LogP contribution in [-0.2, 0) is 20.7 Å². The van der Waals surface area contributed by atoms with Gasteiger partial charge in [0.15, 0.2) is 12.4 Å². The Kier molecular flexibility index (Phi) is 6.31. The van der Waals surface area contributed by atoms with E-state index in [-0.39, 0.29) is 24.7 Å². The molecule has 0 fully saturated rings. The predicted octanol–water partition coefficient (Wildman–Crippen LogP) is 2.99. The fourth-order valence-electron chi connectivity index (χ4n) is 1.97.